The van der Waals surface area contributed by atoms with Gasteiger partial charge in [-0.25, -0.2) is 9.97 Å². The first-order valence-electron chi connectivity index (χ1n) is 10.3. The van der Waals surface area contributed by atoms with E-state index in [0.29, 0.717) is 36.0 Å². The molecule has 172 valence electrons. The number of para-hydroxylation sites is 2. The lowest BCUT2D eigenvalue weighted by molar-refractivity contribution is -0.422. The Morgan fingerprint density at radius 3 is 2.06 bits per heavy atom. The van der Waals surface area contributed by atoms with Crippen LogP contribution in [0.1, 0.15) is 5.56 Å². The number of ether oxygens (including phenoxy) is 1. The maximum absolute atomic E-state index is 11.4. The minimum Gasteiger partial charge on any atom is -0.495 e. The molecule has 0 bridgehead atoms. The molecular weight excluding hydrogens is 440 g/mol. The van der Waals surface area contributed by atoms with Gasteiger partial charge in [0, 0.05) is 6.54 Å². The monoisotopic (exact) mass is 460 g/mol. The molecule has 2 N–H and O–H groups in total. The van der Waals surface area contributed by atoms with Crippen molar-refractivity contribution in [2.45, 2.75) is 6.42 Å². The summed E-state index contributed by atoms with van der Waals surface area (Å²) in [5, 5.41) is 29.1. The molecule has 0 aliphatic heterocycles. The summed E-state index contributed by atoms with van der Waals surface area (Å²) in [6.45, 7) is 0.514. The van der Waals surface area contributed by atoms with Gasteiger partial charge in [0.05, 0.1) is 45.8 Å². The van der Waals surface area contributed by atoms with Crippen molar-refractivity contribution in [3.63, 3.8) is 0 Å². The van der Waals surface area contributed by atoms with Gasteiger partial charge in [-0.3, -0.25) is 20.2 Å². The SMILES string of the molecule is COc1ccccc1Nc1nc2cc([N+](=O)[O-])c([N+](=O)[O-])cc2nc1NCCc1ccccc1. The summed E-state index contributed by atoms with van der Waals surface area (Å²) < 4.78 is 5.38. The molecule has 0 amide bonds. The standard InChI is InChI=1S/C23H20N6O5/c1-34-21-10-6-5-9-16(21)25-23-22(24-12-11-15-7-3-2-4-8-15)26-17-13-19(28(30)31)20(29(32)33)14-18(17)27-23/h2-10,13-14H,11-12H2,1H3,(H,24,26)(H,25,27). The molecule has 3 aromatic carbocycles. The van der Waals surface area contributed by atoms with Gasteiger partial charge >= 0.3 is 11.4 Å². The van der Waals surface area contributed by atoms with E-state index in [1.165, 1.54) is 7.11 Å². The highest BCUT2D eigenvalue weighted by Gasteiger charge is 2.26. The van der Waals surface area contributed by atoms with Crippen LogP contribution in [0.15, 0.2) is 66.7 Å². The number of nitrogens with one attached hydrogen (secondary N) is 2. The van der Waals surface area contributed by atoms with Crippen LogP contribution in [-0.4, -0.2) is 33.5 Å². The third-order valence-corrected chi connectivity index (χ3v) is 5.06. The maximum atomic E-state index is 11.4. The second kappa shape index (κ2) is 9.77. The summed E-state index contributed by atoms with van der Waals surface area (Å²) in [6, 6.07) is 19.2. The van der Waals surface area contributed by atoms with Crippen molar-refractivity contribution in [2.75, 3.05) is 24.3 Å². The molecule has 0 aliphatic carbocycles. The average Bonchev–Trinajstić information content (AvgIpc) is 2.84. The Balaban J connectivity index is 1.76. The summed E-state index contributed by atoms with van der Waals surface area (Å²) in [5.41, 5.74) is 0.733. The maximum Gasteiger partial charge on any atom is 0.348 e. The lowest BCUT2D eigenvalue weighted by Crippen LogP contribution is -2.10. The fraction of sp³-hybridized carbons (Fsp3) is 0.130. The summed E-state index contributed by atoms with van der Waals surface area (Å²) in [4.78, 5) is 30.1. The minimum absolute atomic E-state index is 0.142. The van der Waals surface area contributed by atoms with Crippen LogP contribution in [0.3, 0.4) is 0 Å². The summed E-state index contributed by atoms with van der Waals surface area (Å²) in [5.74, 6) is 1.21. The molecule has 11 heteroatoms. The number of methoxy groups -OCH3 is 1. The predicted octanol–water partition coefficient (Wildman–Crippen LogP) is 4.85. The Morgan fingerprint density at radius 2 is 1.44 bits per heavy atom. The molecule has 0 aliphatic rings. The molecule has 4 rings (SSSR count). The largest absolute Gasteiger partial charge is 0.495 e. The first-order chi connectivity index (χ1) is 16.5. The highest BCUT2D eigenvalue weighted by Crippen LogP contribution is 2.34. The number of benzene rings is 3. The quantitative estimate of drug-likeness (QED) is 0.264. The molecule has 1 heterocycles. The van der Waals surface area contributed by atoms with Crippen LogP contribution < -0.4 is 15.4 Å². The van der Waals surface area contributed by atoms with Crippen molar-refractivity contribution in [3.05, 3.63) is 92.5 Å². The number of nitro benzene ring substituents is 2. The number of aromatic nitrogens is 2. The van der Waals surface area contributed by atoms with Crippen LogP contribution in [0.25, 0.3) is 11.0 Å². The highest BCUT2D eigenvalue weighted by atomic mass is 16.6. The summed E-state index contributed by atoms with van der Waals surface area (Å²) in [7, 11) is 1.54. The van der Waals surface area contributed by atoms with E-state index < -0.39 is 21.2 Å². The van der Waals surface area contributed by atoms with Crippen LogP contribution in [0.5, 0.6) is 5.75 Å². The number of hydrogen-bond donors (Lipinski definition) is 2. The average molecular weight is 460 g/mol. The number of nitrogens with zero attached hydrogens (tertiary/aromatic N) is 4. The van der Waals surface area contributed by atoms with Gasteiger partial charge in [-0.15, -0.1) is 0 Å². The van der Waals surface area contributed by atoms with Crippen LogP contribution in [0.4, 0.5) is 28.7 Å². The van der Waals surface area contributed by atoms with E-state index in [4.69, 9.17) is 4.74 Å². The Labute approximate surface area is 193 Å². The Bertz CT molecular complexity index is 1360. The van der Waals surface area contributed by atoms with E-state index in [9.17, 15) is 20.2 Å². The first kappa shape index (κ1) is 22.4. The zero-order valence-corrected chi connectivity index (χ0v) is 18.1. The molecule has 1 aromatic heterocycles. The van der Waals surface area contributed by atoms with Crippen molar-refractivity contribution in [2.24, 2.45) is 0 Å². The van der Waals surface area contributed by atoms with Crippen LogP contribution in [-0.2, 0) is 6.42 Å². The van der Waals surface area contributed by atoms with Crippen LogP contribution in [0.2, 0.25) is 0 Å². The van der Waals surface area contributed by atoms with Gasteiger partial charge in [0.25, 0.3) is 0 Å². The molecule has 0 unspecified atom stereocenters. The van der Waals surface area contributed by atoms with Gasteiger partial charge in [0.1, 0.15) is 5.75 Å². The van der Waals surface area contributed by atoms with Crippen molar-refractivity contribution >= 4 is 39.7 Å². The molecule has 0 saturated heterocycles. The second-order valence-corrected chi connectivity index (χ2v) is 7.25. The lowest BCUT2D eigenvalue weighted by atomic mass is 10.1. The molecule has 0 radical (unpaired) electrons. The number of fused-ring (bicyclic) bond motifs is 1. The van der Waals surface area contributed by atoms with E-state index in [0.717, 1.165) is 17.7 Å². The molecule has 0 spiro atoms. The topological polar surface area (TPSA) is 145 Å². The summed E-state index contributed by atoms with van der Waals surface area (Å²) in [6.07, 6.45) is 0.703. The number of anilines is 3. The molecular formula is C23H20N6O5. The Morgan fingerprint density at radius 1 is 0.853 bits per heavy atom. The van der Waals surface area contributed by atoms with Crippen LogP contribution >= 0.6 is 0 Å². The number of rotatable bonds is 9. The van der Waals surface area contributed by atoms with Gasteiger partial charge in [0.2, 0.25) is 0 Å². The van der Waals surface area contributed by atoms with Crippen molar-refractivity contribution < 1.29 is 14.6 Å². The summed E-state index contributed by atoms with van der Waals surface area (Å²) >= 11 is 0. The normalized spacial score (nSPS) is 10.6. The van der Waals surface area contributed by atoms with Gasteiger partial charge in [-0.1, -0.05) is 42.5 Å². The molecule has 34 heavy (non-hydrogen) atoms. The van der Waals surface area contributed by atoms with E-state index in [1.54, 1.807) is 12.1 Å². The van der Waals surface area contributed by atoms with E-state index in [2.05, 4.69) is 20.6 Å². The first-order valence-corrected chi connectivity index (χ1v) is 10.3. The Kier molecular flexibility index (Phi) is 6.44. The molecule has 0 atom stereocenters. The molecule has 0 fully saturated rings. The van der Waals surface area contributed by atoms with Crippen LogP contribution in [0, 0.1) is 20.2 Å². The predicted molar refractivity (Wildman–Crippen MR) is 128 cm³/mol. The third-order valence-electron chi connectivity index (χ3n) is 5.06. The van der Waals surface area contributed by atoms with Crippen molar-refractivity contribution in [3.8, 4) is 5.75 Å². The minimum atomic E-state index is -0.807. The Hall–Kier alpha value is -4.80. The lowest BCUT2D eigenvalue weighted by Gasteiger charge is -2.15. The highest BCUT2D eigenvalue weighted by molar-refractivity contribution is 5.87. The number of nitro groups is 2. The molecule has 4 aromatic rings. The van der Waals surface area contributed by atoms with Gasteiger partial charge in [-0.2, -0.15) is 0 Å². The van der Waals surface area contributed by atoms with Gasteiger partial charge < -0.3 is 15.4 Å². The zero-order valence-electron chi connectivity index (χ0n) is 18.1. The fourth-order valence-corrected chi connectivity index (χ4v) is 3.43. The van der Waals surface area contributed by atoms with Crippen molar-refractivity contribution in [1.29, 1.82) is 0 Å². The zero-order chi connectivity index (χ0) is 24.1. The molecule has 11 nitrogen and oxygen atoms in total. The van der Waals surface area contributed by atoms with Gasteiger partial charge in [-0.05, 0) is 24.1 Å². The van der Waals surface area contributed by atoms with E-state index in [-0.39, 0.29) is 11.0 Å². The van der Waals surface area contributed by atoms with E-state index in [1.807, 2.05) is 42.5 Å². The van der Waals surface area contributed by atoms with Crippen molar-refractivity contribution in [1.82, 2.24) is 9.97 Å². The number of hydrogen-bond acceptors (Lipinski definition) is 9. The smallest absolute Gasteiger partial charge is 0.348 e. The van der Waals surface area contributed by atoms with E-state index >= 15 is 0 Å². The molecule has 0 saturated carbocycles. The second-order valence-electron chi connectivity index (χ2n) is 7.25. The third kappa shape index (κ3) is 4.83. The van der Waals surface area contributed by atoms with Gasteiger partial charge in [0.15, 0.2) is 11.6 Å². The fourth-order valence-electron chi connectivity index (χ4n) is 3.43.